The van der Waals surface area contributed by atoms with E-state index in [4.69, 9.17) is 9.29 Å². The molecule has 0 spiro atoms. The summed E-state index contributed by atoms with van der Waals surface area (Å²) in [4.78, 5) is 10.2. The number of hydrogen-bond donors (Lipinski definition) is 1. The smallest absolute Gasteiger partial charge is 0.418 e. The second kappa shape index (κ2) is 3.82. The summed E-state index contributed by atoms with van der Waals surface area (Å²) in [6.45, 7) is 5.57. The highest BCUT2D eigenvalue weighted by molar-refractivity contribution is 7.92. The summed E-state index contributed by atoms with van der Waals surface area (Å²) in [6.07, 6.45) is -1.01. The minimum absolute atomic E-state index is 0.325. The van der Waals surface area contributed by atoms with Gasteiger partial charge in [0.25, 0.3) is 0 Å². The van der Waals surface area contributed by atoms with Crippen molar-refractivity contribution in [3.63, 3.8) is 0 Å². The second-order valence-corrected chi connectivity index (χ2v) is 3.91. The fourth-order valence-corrected chi connectivity index (χ4v) is 0.599. The predicted octanol–water partition coefficient (Wildman–Crippen LogP) is 1.97. The fourth-order valence-electron chi connectivity index (χ4n) is 0.200. The van der Waals surface area contributed by atoms with E-state index in [1.54, 1.807) is 0 Å². The molecule has 5 heteroatoms. The maximum atomic E-state index is 10.2. The molecule has 1 N–H and O–H groups in total. The Balaban J connectivity index is 3.63. The lowest BCUT2D eigenvalue weighted by atomic mass is 10.2. The Labute approximate surface area is 70.9 Å². The lowest BCUT2D eigenvalue weighted by Gasteiger charge is -2.20. The summed E-state index contributed by atoms with van der Waals surface area (Å²) in [5.74, 6) is 0. The van der Waals surface area contributed by atoms with Crippen LogP contribution in [0.3, 0.4) is 0 Å². The van der Waals surface area contributed by atoms with Crippen LogP contribution in [0, 0.1) is 0 Å². The predicted molar refractivity (Wildman–Crippen MR) is 44.2 cm³/mol. The Hall–Kier alpha value is -0.420. The lowest BCUT2D eigenvalue weighted by molar-refractivity contribution is 0.148. The van der Waals surface area contributed by atoms with Gasteiger partial charge in [0.1, 0.15) is 12.2 Å². The van der Waals surface area contributed by atoms with E-state index in [9.17, 15) is 4.79 Å². The van der Waals surface area contributed by atoms with E-state index < -0.39 is 6.09 Å². The van der Waals surface area contributed by atoms with E-state index >= 15 is 0 Å². The molecule has 0 saturated heterocycles. The molecule has 0 rings (SSSR count). The third-order valence-electron chi connectivity index (χ3n) is 0.668. The molecule has 0 fully saturated rings. The highest BCUT2D eigenvalue weighted by Crippen LogP contribution is 2.19. The van der Waals surface area contributed by atoms with Gasteiger partial charge in [-0.1, -0.05) is 0 Å². The quantitative estimate of drug-likeness (QED) is 0.520. The maximum Gasteiger partial charge on any atom is 0.418 e. The van der Waals surface area contributed by atoms with Crippen molar-refractivity contribution >= 4 is 18.3 Å². The maximum absolute atomic E-state index is 10.2. The average molecular weight is 179 g/mol. The molecule has 0 unspecified atom stereocenters. The first-order chi connectivity index (χ1) is 4.83. The number of carbonyl (C=O) groups is 1. The van der Waals surface area contributed by atoms with Gasteiger partial charge in [0.15, 0.2) is 0 Å². The summed E-state index contributed by atoms with van der Waals surface area (Å²) in [6, 6.07) is 0. The molecular formula is C6H13NO3S. The number of carboxylic acid groups (broad SMARTS) is 1. The topological polar surface area (TPSA) is 49.8 Å². The van der Waals surface area contributed by atoms with Gasteiger partial charge in [-0.15, -0.1) is 0 Å². The van der Waals surface area contributed by atoms with Gasteiger partial charge in [0.05, 0.1) is 5.60 Å². The van der Waals surface area contributed by atoms with Gasteiger partial charge in [-0.3, -0.25) is 4.18 Å². The van der Waals surface area contributed by atoms with Crippen LogP contribution >= 0.6 is 12.2 Å². The van der Waals surface area contributed by atoms with Crippen LogP contribution in [0.4, 0.5) is 4.79 Å². The summed E-state index contributed by atoms with van der Waals surface area (Å²) in [5, 5.41) is 8.40. The first-order valence-electron chi connectivity index (χ1n) is 3.15. The Morgan fingerprint density at radius 3 is 2.27 bits per heavy atom. The van der Waals surface area contributed by atoms with E-state index in [1.807, 2.05) is 20.8 Å². The zero-order chi connectivity index (χ0) is 9.07. The van der Waals surface area contributed by atoms with Crippen LogP contribution in [-0.2, 0) is 4.18 Å². The Kier molecular flexibility index (Phi) is 3.68. The molecule has 0 aromatic heterocycles. The van der Waals surface area contributed by atoms with Gasteiger partial charge < -0.3 is 5.11 Å². The average Bonchev–Trinajstić information content (AvgIpc) is 1.80. The van der Waals surface area contributed by atoms with Crippen molar-refractivity contribution in [3.05, 3.63) is 0 Å². The Bertz CT molecular complexity index is 143. The van der Waals surface area contributed by atoms with E-state index in [0.29, 0.717) is 0 Å². The van der Waals surface area contributed by atoms with E-state index in [1.165, 1.54) is 7.05 Å². The molecular weight excluding hydrogens is 166 g/mol. The Morgan fingerprint density at radius 2 is 2.00 bits per heavy atom. The van der Waals surface area contributed by atoms with Gasteiger partial charge in [-0.05, 0) is 20.8 Å². The van der Waals surface area contributed by atoms with Crippen LogP contribution in [0.2, 0.25) is 0 Å². The number of nitrogens with zero attached hydrogens (tertiary/aromatic N) is 1. The molecule has 0 saturated carbocycles. The van der Waals surface area contributed by atoms with Crippen molar-refractivity contribution in [2.45, 2.75) is 26.4 Å². The van der Waals surface area contributed by atoms with Gasteiger partial charge in [-0.25, -0.2) is 9.10 Å². The highest BCUT2D eigenvalue weighted by atomic mass is 32.2. The minimum Gasteiger partial charge on any atom is -0.464 e. The normalized spacial score (nSPS) is 11.3. The number of amides is 1. The second-order valence-electron chi connectivity index (χ2n) is 3.05. The molecule has 0 heterocycles. The van der Waals surface area contributed by atoms with E-state index in [2.05, 4.69) is 0 Å². The number of hydrogen-bond acceptors (Lipinski definition) is 3. The molecule has 0 aliphatic rings. The van der Waals surface area contributed by atoms with Crippen molar-refractivity contribution in [1.82, 2.24) is 4.31 Å². The molecule has 0 bridgehead atoms. The Morgan fingerprint density at radius 1 is 1.55 bits per heavy atom. The SMILES string of the molecule is CN(SOC(C)(C)C)C(=O)O. The monoisotopic (exact) mass is 179 g/mol. The zero-order valence-electron chi connectivity index (χ0n) is 7.12. The van der Waals surface area contributed by atoms with Crippen LogP contribution in [0.15, 0.2) is 0 Å². The van der Waals surface area contributed by atoms with E-state index in [0.717, 1.165) is 16.5 Å². The van der Waals surface area contributed by atoms with Gasteiger partial charge in [0, 0.05) is 7.05 Å². The summed E-state index contributed by atoms with van der Waals surface area (Å²) in [7, 11) is 1.43. The van der Waals surface area contributed by atoms with Crippen molar-refractivity contribution in [1.29, 1.82) is 0 Å². The standard InChI is InChI=1S/C6H13NO3S/c1-6(2,3)10-11-7(4)5(8)9/h1-4H3,(H,8,9). The van der Waals surface area contributed by atoms with Crippen LogP contribution in [-0.4, -0.2) is 28.2 Å². The number of rotatable bonds is 2. The molecule has 0 aliphatic heterocycles. The zero-order valence-corrected chi connectivity index (χ0v) is 7.94. The third-order valence-corrected chi connectivity index (χ3v) is 1.62. The first kappa shape index (κ1) is 10.6. The van der Waals surface area contributed by atoms with Crippen molar-refractivity contribution in [2.24, 2.45) is 0 Å². The third kappa shape index (κ3) is 6.00. The largest absolute Gasteiger partial charge is 0.464 e. The molecule has 66 valence electrons. The van der Waals surface area contributed by atoms with Gasteiger partial charge in [0.2, 0.25) is 0 Å². The summed E-state index contributed by atoms with van der Waals surface area (Å²) >= 11 is 0.825. The summed E-state index contributed by atoms with van der Waals surface area (Å²) < 4.78 is 6.12. The van der Waals surface area contributed by atoms with Crippen molar-refractivity contribution in [2.75, 3.05) is 7.05 Å². The van der Waals surface area contributed by atoms with Crippen LogP contribution < -0.4 is 0 Å². The summed E-state index contributed by atoms with van der Waals surface area (Å²) in [5.41, 5.74) is -0.325. The fraction of sp³-hybridized carbons (Fsp3) is 0.833. The molecule has 0 aliphatic carbocycles. The van der Waals surface area contributed by atoms with Crippen LogP contribution in [0.25, 0.3) is 0 Å². The molecule has 0 radical (unpaired) electrons. The van der Waals surface area contributed by atoms with Gasteiger partial charge in [-0.2, -0.15) is 0 Å². The van der Waals surface area contributed by atoms with Gasteiger partial charge >= 0.3 is 6.09 Å². The van der Waals surface area contributed by atoms with Crippen molar-refractivity contribution < 1.29 is 14.1 Å². The molecule has 4 nitrogen and oxygen atoms in total. The van der Waals surface area contributed by atoms with E-state index in [-0.39, 0.29) is 5.60 Å². The van der Waals surface area contributed by atoms with Crippen LogP contribution in [0.5, 0.6) is 0 Å². The molecule has 0 aromatic carbocycles. The van der Waals surface area contributed by atoms with Crippen molar-refractivity contribution in [3.8, 4) is 0 Å². The highest BCUT2D eigenvalue weighted by Gasteiger charge is 2.15. The molecule has 0 aromatic rings. The van der Waals surface area contributed by atoms with Crippen LogP contribution in [0.1, 0.15) is 20.8 Å². The lowest BCUT2D eigenvalue weighted by Crippen LogP contribution is -2.22. The molecule has 11 heavy (non-hydrogen) atoms. The molecule has 1 amide bonds. The molecule has 0 atom stereocenters. The minimum atomic E-state index is -1.01. The first-order valence-corrected chi connectivity index (χ1v) is 3.85.